The number of para-hydroxylation sites is 1. The molecule has 8 nitrogen and oxygen atoms in total. The number of anilines is 1. The van der Waals surface area contributed by atoms with Crippen LogP contribution in [-0.2, 0) is 17.5 Å². The number of piperidine rings is 1. The van der Waals surface area contributed by atoms with E-state index in [0.717, 1.165) is 25.1 Å². The number of fused-ring (bicyclic) bond motifs is 2. The van der Waals surface area contributed by atoms with Gasteiger partial charge >= 0.3 is 18.5 Å². The van der Waals surface area contributed by atoms with Crippen LogP contribution in [0.5, 0.6) is 5.75 Å². The molecule has 1 aromatic carbocycles. The number of hydrogen-bond donors (Lipinski definition) is 1. The normalized spacial score (nSPS) is 22.4. The number of benzene rings is 1. The highest BCUT2D eigenvalue weighted by molar-refractivity contribution is 5.89. The highest BCUT2D eigenvalue weighted by Gasteiger charge is 2.44. The maximum atomic E-state index is 13.6. The fourth-order valence-corrected chi connectivity index (χ4v) is 6.04. The van der Waals surface area contributed by atoms with E-state index in [1.807, 2.05) is 4.90 Å². The van der Waals surface area contributed by atoms with Gasteiger partial charge in [-0.25, -0.2) is 9.78 Å². The number of pyridine rings is 1. The first-order valence-corrected chi connectivity index (χ1v) is 13.4. The lowest BCUT2D eigenvalue weighted by Crippen LogP contribution is -2.46. The molecule has 42 heavy (non-hydrogen) atoms. The number of nitrogens with zero attached hydrogens (tertiary/aromatic N) is 3. The largest absolute Gasteiger partial charge is 0.573 e. The van der Waals surface area contributed by atoms with E-state index >= 15 is 0 Å². The molecule has 6 rings (SSSR count). The van der Waals surface area contributed by atoms with Crippen LogP contribution in [0.25, 0.3) is 11.3 Å². The van der Waals surface area contributed by atoms with Crippen LogP contribution in [0, 0.1) is 0 Å². The van der Waals surface area contributed by atoms with Crippen LogP contribution in [0.15, 0.2) is 41.1 Å². The monoisotopic (exact) mass is 597 g/mol. The molecule has 3 fully saturated rings. The van der Waals surface area contributed by atoms with Crippen LogP contribution in [0.2, 0.25) is 0 Å². The highest BCUT2D eigenvalue weighted by atomic mass is 19.4. The number of ether oxygens (including phenoxy) is 2. The highest BCUT2D eigenvalue weighted by Crippen LogP contribution is 2.47. The molecule has 3 aliphatic rings. The van der Waals surface area contributed by atoms with Crippen molar-refractivity contribution in [3.8, 4) is 17.0 Å². The Morgan fingerprint density at radius 2 is 1.74 bits per heavy atom. The Morgan fingerprint density at radius 3 is 2.36 bits per heavy atom. The van der Waals surface area contributed by atoms with E-state index < -0.39 is 35.4 Å². The number of carboxylic acids is 1. The van der Waals surface area contributed by atoms with Gasteiger partial charge in [0, 0.05) is 35.3 Å². The van der Waals surface area contributed by atoms with E-state index in [2.05, 4.69) is 14.9 Å². The van der Waals surface area contributed by atoms with Crippen LogP contribution >= 0.6 is 0 Å². The quantitative estimate of drug-likeness (QED) is 0.279. The van der Waals surface area contributed by atoms with E-state index in [9.17, 15) is 36.2 Å². The zero-order valence-corrected chi connectivity index (χ0v) is 21.9. The SMILES string of the molecule is O=C(O)c1cnc(N2[C@@H]3CC[C@H]2CC(OCc2c(-c4ccccc4OC(F)(F)F)noc2C2CC2)C3)cc1C(F)(F)F. The molecule has 1 N–H and O–H groups in total. The summed E-state index contributed by atoms with van der Waals surface area (Å²) in [5, 5.41) is 13.3. The van der Waals surface area contributed by atoms with Crippen LogP contribution in [0.4, 0.5) is 32.2 Å². The third kappa shape index (κ3) is 5.63. The molecule has 0 amide bonds. The number of halogens is 6. The first-order valence-electron chi connectivity index (χ1n) is 13.4. The van der Waals surface area contributed by atoms with Crippen molar-refractivity contribution in [1.29, 1.82) is 0 Å². The topological polar surface area (TPSA) is 97.9 Å². The lowest BCUT2D eigenvalue weighted by Gasteiger charge is -2.40. The number of rotatable bonds is 8. The number of carboxylic acid groups (broad SMARTS) is 1. The van der Waals surface area contributed by atoms with E-state index in [4.69, 9.17) is 9.26 Å². The molecule has 1 aliphatic carbocycles. The first kappa shape index (κ1) is 28.3. The van der Waals surface area contributed by atoms with Gasteiger partial charge in [0.2, 0.25) is 0 Å². The predicted molar refractivity (Wildman–Crippen MR) is 134 cm³/mol. The number of carbonyl (C=O) groups is 1. The Balaban J connectivity index is 1.21. The van der Waals surface area contributed by atoms with Gasteiger partial charge in [0.1, 0.15) is 23.0 Å². The van der Waals surface area contributed by atoms with Gasteiger partial charge in [-0.2, -0.15) is 13.2 Å². The van der Waals surface area contributed by atoms with Crippen LogP contribution in [0.1, 0.15) is 71.7 Å². The minimum Gasteiger partial charge on any atom is -0.478 e. The van der Waals surface area contributed by atoms with Gasteiger partial charge in [0.25, 0.3) is 0 Å². The molecule has 0 radical (unpaired) electrons. The maximum absolute atomic E-state index is 13.6. The summed E-state index contributed by atoms with van der Waals surface area (Å²) in [6.45, 7) is 0.0267. The van der Waals surface area contributed by atoms with Gasteiger partial charge in [-0.15, -0.1) is 13.2 Å². The van der Waals surface area contributed by atoms with E-state index in [0.29, 0.717) is 37.0 Å². The van der Waals surface area contributed by atoms with Crippen LogP contribution in [0.3, 0.4) is 0 Å². The predicted octanol–water partition coefficient (Wildman–Crippen LogP) is 6.95. The third-order valence-corrected chi connectivity index (χ3v) is 7.98. The molecule has 2 aromatic heterocycles. The van der Waals surface area contributed by atoms with Crippen molar-refractivity contribution in [1.82, 2.24) is 10.1 Å². The van der Waals surface area contributed by atoms with Gasteiger partial charge in [0.15, 0.2) is 0 Å². The van der Waals surface area contributed by atoms with Gasteiger partial charge in [-0.1, -0.05) is 17.3 Å². The molecule has 3 atom stereocenters. The molecule has 3 aromatic rings. The summed E-state index contributed by atoms with van der Waals surface area (Å²) in [6, 6.07) is 6.11. The fourth-order valence-electron chi connectivity index (χ4n) is 6.04. The average Bonchev–Trinajstić information content (AvgIpc) is 3.62. The third-order valence-electron chi connectivity index (χ3n) is 7.98. The first-order chi connectivity index (χ1) is 19.9. The second-order valence-corrected chi connectivity index (χ2v) is 10.8. The molecule has 14 heteroatoms. The summed E-state index contributed by atoms with van der Waals surface area (Å²) in [5.41, 5.74) is -1.28. The van der Waals surface area contributed by atoms with Gasteiger partial charge < -0.3 is 24.0 Å². The zero-order chi connectivity index (χ0) is 29.8. The molecular formula is C28H25F6N3O5. The Bertz CT molecular complexity index is 1470. The lowest BCUT2D eigenvalue weighted by molar-refractivity contribution is -0.274. The van der Waals surface area contributed by atoms with Crippen molar-refractivity contribution in [3.05, 3.63) is 59.0 Å². The van der Waals surface area contributed by atoms with Crippen LogP contribution in [-0.4, -0.2) is 45.8 Å². The standard InChI is InChI=1S/C28H25F6N3O5/c29-27(30,31)21-11-23(35-12-19(21)26(38)39)37-15-7-8-16(37)10-17(9-15)40-13-20-24(36-42-25(20)14-5-6-14)18-3-1-2-4-22(18)41-28(32,33)34/h1-4,11-12,14-17H,5-10,13H2,(H,38,39)/t15-,16+,17?. The molecule has 2 bridgehead atoms. The maximum Gasteiger partial charge on any atom is 0.573 e. The summed E-state index contributed by atoms with van der Waals surface area (Å²) < 4.78 is 96.1. The van der Waals surface area contributed by atoms with Crippen molar-refractivity contribution >= 4 is 11.8 Å². The molecule has 1 unspecified atom stereocenters. The van der Waals surface area contributed by atoms with Crippen molar-refractivity contribution < 1.29 is 50.2 Å². The summed E-state index contributed by atoms with van der Waals surface area (Å²) in [7, 11) is 0. The number of aromatic carboxylic acids is 1. The smallest absolute Gasteiger partial charge is 0.478 e. The number of alkyl halides is 6. The van der Waals surface area contributed by atoms with Gasteiger partial charge in [-0.05, 0) is 56.7 Å². The Hall–Kier alpha value is -3.81. The second kappa shape index (κ2) is 10.5. The average molecular weight is 598 g/mol. The number of aromatic nitrogens is 2. The van der Waals surface area contributed by atoms with Gasteiger partial charge in [0.05, 0.1) is 23.8 Å². The van der Waals surface area contributed by atoms with Crippen LogP contribution < -0.4 is 9.64 Å². The Morgan fingerprint density at radius 1 is 1.05 bits per heavy atom. The summed E-state index contributed by atoms with van der Waals surface area (Å²) in [6.07, 6.45) is -5.22. The summed E-state index contributed by atoms with van der Waals surface area (Å²) in [5.74, 6) is -1.39. The molecule has 4 heterocycles. The zero-order valence-electron chi connectivity index (χ0n) is 21.9. The summed E-state index contributed by atoms with van der Waals surface area (Å²) >= 11 is 0. The van der Waals surface area contributed by atoms with Crippen molar-refractivity contribution in [3.63, 3.8) is 0 Å². The molecule has 2 saturated heterocycles. The van der Waals surface area contributed by atoms with E-state index in [-0.39, 0.29) is 47.8 Å². The minimum atomic E-state index is -4.90. The fraction of sp³-hybridized carbons (Fsp3) is 0.464. The minimum absolute atomic E-state index is 0.0267. The van der Waals surface area contributed by atoms with Crippen molar-refractivity contribution in [2.75, 3.05) is 4.90 Å². The molecule has 0 spiro atoms. The van der Waals surface area contributed by atoms with Gasteiger partial charge in [-0.3, -0.25) is 0 Å². The summed E-state index contributed by atoms with van der Waals surface area (Å²) in [4.78, 5) is 17.2. The number of hydrogen-bond acceptors (Lipinski definition) is 7. The van der Waals surface area contributed by atoms with E-state index in [1.165, 1.54) is 18.2 Å². The molecule has 1 saturated carbocycles. The Labute approximate surface area is 235 Å². The van der Waals surface area contributed by atoms with Crippen molar-refractivity contribution in [2.24, 2.45) is 0 Å². The Kier molecular flexibility index (Phi) is 7.06. The van der Waals surface area contributed by atoms with Crippen molar-refractivity contribution in [2.45, 2.75) is 81.8 Å². The van der Waals surface area contributed by atoms with E-state index in [1.54, 1.807) is 6.07 Å². The molecule has 224 valence electrons. The molecule has 2 aliphatic heterocycles. The second-order valence-electron chi connectivity index (χ2n) is 10.8. The lowest BCUT2D eigenvalue weighted by atomic mass is 9.98. The molecular weight excluding hydrogens is 572 g/mol.